The molecule has 0 aliphatic rings. The van der Waals surface area contributed by atoms with Crippen LogP contribution >= 0.6 is 11.3 Å². The third kappa shape index (κ3) is 2.90. The quantitative estimate of drug-likeness (QED) is 0.790. The molecule has 0 fully saturated rings. The lowest BCUT2D eigenvalue weighted by Gasteiger charge is -2.10. The third-order valence-electron chi connectivity index (χ3n) is 2.68. The molecule has 96 valence electrons. The minimum atomic E-state index is -4.29. The van der Waals surface area contributed by atoms with Gasteiger partial charge in [0.05, 0.1) is 10.6 Å². The Bertz CT molecular complexity index is 558. The molecule has 0 bridgehead atoms. The number of aromatic nitrogens is 1. The van der Waals surface area contributed by atoms with Crippen molar-refractivity contribution in [3.05, 3.63) is 51.0 Å². The van der Waals surface area contributed by atoms with Crippen molar-refractivity contribution in [1.29, 1.82) is 0 Å². The number of hydrogen-bond acceptors (Lipinski definition) is 2. The van der Waals surface area contributed by atoms with Gasteiger partial charge < -0.3 is 0 Å². The number of aryl methyl sites for hydroxylation is 2. The molecule has 5 heteroatoms. The maximum absolute atomic E-state index is 12.6. The lowest BCUT2D eigenvalue weighted by atomic mass is 10.0. The molecule has 0 unspecified atom stereocenters. The maximum Gasteiger partial charge on any atom is 0.416 e. The van der Waals surface area contributed by atoms with Crippen molar-refractivity contribution in [2.45, 2.75) is 26.4 Å². The summed E-state index contributed by atoms with van der Waals surface area (Å²) in [7, 11) is 0. The van der Waals surface area contributed by atoms with E-state index in [4.69, 9.17) is 0 Å². The van der Waals surface area contributed by atoms with Gasteiger partial charge in [-0.05, 0) is 37.1 Å². The Morgan fingerprint density at radius 2 is 1.94 bits per heavy atom. The summed E-state index contributed by atoms with van der Waals surface area (Å²) in [5, 5.41) is 2.74. The number of nitrogens with zero attached hydrogens (tertiary/aromatic N) is 1. The molecule has 0 saturated heterocycles. The Morgan fingerprint density at radius 1 is 1.22 bits per heavy atom. The Labute approximate surface area is 107 Å². The molecule has 0 N–H and O–H groups in total. The van der Waals surface area contributed by atoms with Crippen molar-refractivity contribution in [2.75, 3.05) is 0 Å². The number of benzene rings is 1. The van der Waals surface area contributed by atoms with Gasteiger partial charge in [-0.3, -0.25) is 0 Å². The van der Waals surface area contributed by atoms with Crippen molar-refractivity contribution in [3.63, 3.8) is 0 Å². The van der Waals surface area contributed by atoms with Crippen molar-refractivity contribution in [1.82, 2.24) is 4.98 Å². The summed E-state index contributed by atoms with van der Waals surface area (Å²) in [6.07, 6.45) is -3.84. The summed E-state index contributed by atoms with van der Waals surface area (Å²) in [6, 6.07) is 3.84. The molecule has 1 aromatic heterocycles. The SMILES string of the molecule is Cc1csc(Cc2cc(C(F)(F)F)ccc2C)n1. The predicted molar refractivity (Wildman–Crippen MR) is 65.8 cm³/mol. The fourth-order valence-electron chi connectivity index (χ4n) is 1.69. The van der Waals surface area contributed by atoms with Crippen LogP contribution < -0.4 is 0 Å². The van der Waals surface area contributed by atoms with E-state index >= 15 is 0 Å². The van der Waals surface area contributed by atoms with Crippen molar-refractivity contribution in [3.8, 4) is 0 Å². The van der Waals surface area contributed by atoms with Crippen molar-refractivity contribution >= 4 is 11.3 Å². The first-order valence-corrected chi connectivity index (χ1v) is 6.32. The van der Waals surface area contributed by atoms with Crippen LogP contribution in [0.3, 0.4) is 0 Å². The topological polar surface area (TPSA) is 12.9 Å². The number of hydrogen-bond donors (Lipinski definition) is 0. The van der Waals surface area contributed by atoms with Gasteiger partial charge in [-0.25, -0.2) is 4.98 Å². The zero-order valence-corrected chi connectivity index (χ0v) is 10.8. The normalized spacial score (nSPS) is 11.8. The van der Waals surface area contributed by atoms with E-state index in [-0.39, 0.29) is 0 Å². The summed E-state index contributed by atoms with van der Waals surface area (Å²) < 4.78 is 37.9. The van der Waals surface area contributed by atoms with Crippen LogP contribution in [-0.2, 0) is 12.6 Å². The average Bonchev–Trinajstić information content (AvgIpc) is 2.66. The molecule has 0 amide bonds. The van der Waals surface area contributed by atoms with Gasteiger partial charge in [0, 0.05) is 17.5 Å². The fourth-order valence-corrected chi connectivity index (χ4v) is 2.48. The van der Waals surface area contributed by atoms with Crippen LogP contribution in [0.2, 0.25) is 0 Å². The Hall–Kier alpha value is -1.36. The molecule has 0 radical (unpaired) electrons. The van der Waals surface area contributed by atoms with E-state index in [9.17, 15) is 13.2 Å². The largest absolute Gasteiger partial charge is 0.416 e. The van der Waals surface area contributed by atoms with E-state index in [1.165, 1.54) is 23.5 Å². The zero-order chi connectivity index (χ0) is 13.3. The average molecular weight is 271 g/mol. The molecular formula is C13H12F3NS. The minimum absolute atomic E-state index is 0.453. The monoisotopic (exact) mass is 271 g/mol. The standard InChI is InChI=1S/C13H12F3NS/c1-8-3-4-11(13(14,15)16)5-10(8)6-12-17-9(2)7-18-12/h3-5,7H,6H2,1-2H3. The van der Waals surface area contributed by atoms with E-state index in [1.807, 2.05) is 19.2 Å². The Morgan fingerprint density at radius 3 is 2.50 bits per heavy atom. The molecule has 0 atom stereocenters. The summed E-state index contributed by atoms with van der Waals surface area (Å²) in [5.74, 6) is 0. The molecule has 0 aliphatic heterocycles. The van der Waals surface area contributed by atoms with Crippen LogP contribution in [0.5, 0.6) is 0 Å². The van der Waals surface area contributed by atoms with Crippen molar-refractivity contribution < 1.29 is 13.2 Å². The lowest BCUT2D eigenvalue weighted by molar-refractivity contribution is -0.137. The highest BCUT2D eigenvalue weighted by molar-refractivity contribution is 7.09. The molecule has 1 heterocycles. The maximum atomic E-state index is 12.6. The van der Waals surface area contributed by atoms with Crippen LogP contribution in [0.25, 0.3) is 0 Å². The van der Waals surface area contributed by atoms with E-state index in [1.54, 1.807) is 0 Å². The third-order valence-corrected chi connectivity index (χ3v) is 3.65. The molecular weight excluding hydrogens is 259 g/mol. The highest BCUT2D eigenvalue weighted by Gasteiger charge is 2.30. The Kier molecular flexibility index (Phi) is 3.43. The van der Waals surface area contributed by atoms with E-state index in [0.717, 1.165) is 22.3 Å². The molecule has 2 rings (SSSR count). The van der Waals surface area contributed by atoms with Crippen LogP contribution in [0.15, 0.2) is 23.6 Å². The summed E-state index contributed by atoms with van der Waals surface area (Å²) in [5.41, 5.74) is 1.84. The molecule has 18 heavy (non-hydrogen) atoms. The summed E-state index contributed by atoms with van der Waals surface area (Å²) in [4.78, 5) is 4.28. The minimum Gasteiger partial charge on any atom is -0.246 e. The van der Waals surface area contributed by atoms with E-state index in [2.05, 4.69) is 4.98 Å². The zero-order valence-electron chi connectivity index (χ0n) is 10.0. The fraction of sp³-hybridized carbons (Fsp3) is 0.308. The van der Waals surface area contributed by atoms with Gasteiger partial charge in [-0.15, -0.1) is 11.3 Å². The van der Waals surface area contributed by atoms with E-state index < -0.39 is 11.7 Å². The van der Waals surface area contributed by atoms with Gasteiger partial charge in [-0.2, -0.15) is 13.2 Å². The number of halogens is 3. The summed E-state index contributed by atoms with van der Waals surface area (Å²) in [6.45, 7) is 3.69. The first-order chi connectivity index (χ1) is 8.36. The second kappa shape index (κ2) is 4.72. The molecule has 0 aliphatic carbocycles. The second-order valence-corrected chi connectivity index (χ2v) is 5.14. The first kappa shape index (κ1) is 13.1. The Balaban J connectivity index is 2.32. The highest BCUT2D eigenvalue weighted by atomic mass is 32.1. The van der Waals surface area contributed by atoms with Gasteiger partial charge >= 0.3 is 6.18 Å². The van der Waals surface area contributed by atoms with Crippen LogP contribution in [0.4, 0.5) is 13.2 Å². The molecule has 1 nitrogen and oxygen atoms in total. The molecule has 2 aromatic rings. The first-order valence-electron chi connectivity index (χ1n) is 5.44. The number of rotatable bonds is 2. The van der Waals surface area contributed by atoms with Gasteiger partial charge in [-0.1, -0.05) is 6.07 Å². The van der Waals surface area contributed by atoms with Gasteiger partial charge in [0.25, 0.3) is 0 Å². The van der Waals surface area contributed by atoms with Crippen LogP contribution in [0, 0.1) is 13.8 Å². The smallest absolute Gasteiger partial charge is 0.246 e. The van der Waals surface area contributed by atoms with Crippen LogP contribution in [-0.4, -0.2) is 4.98 Å². The number of alkyl halides is 3. The lowest BCUT2D eigenvalue weighted by Crippen LogP contribution is -2.06. The predicted octanol–water partition coefficient (Wildman–Crippen LogP) is 4.37. The van der Waals surface area contributed by atoms with Gasteiger partial charge in [0.2, 0.25) is 0 Å². The molecule has 0 saturated carbocycles. The van der Waals surface area contributed by atoms with E-state index in [0.29, 0.717) is 12.0 Å². The van der Waals surface area contributed by atoms with Crippen molar-refractivity contribution in [2.24, 2.45) is 0 Å². The van der Waals surface area contributed by atoms with Gasteiger partial charge in [0.1, 0.15) is 0 Å². The molecule has 1 aromatic carbocycles. The highest BCUT2D eigenvalue weighted by Crippen LogP contribution is 2.31. The second-order valence-electron chi connectivity index (χ2n) is 4.20. The number of thiazole rings is 1. The van der Waals surface area contributed by atoms with Gasteiger partial charge in [0.15, 0.2) is 0 Å². The molecule has 0 spiro atoms. The van der Waals surface area contributed by atoms with Crippen LogP contribution in [0.1, 0.15) is 27.4 Å². The summed E-state index contributed by atoms with van der Waals surface area (Å²) >= 11 is 1.47.